The maximum Gasteiger partial charge on any atom is 0.0231 e. The Morgan fingerprint density at radius 3 is 3.23 bits per heavy atom. The Kier molecular flexibility index (Phi) is 3.12. The molecule has 1 nitrogen and oxygen atoms in total. The monoisotopic (exact) mass is 194 g/mol. The highest BCUT2D eigenvalue weighted by atomic mass is 32.2. The quantitative estimate of drug-likeness (QED) is 0.722. The third kappa shape index (κ3) is 2.00. The maximum atomic E-state index is 3.85. The van der Waals surface area contributed by atoms with Crippen LogP contribution in [-0.2, 0) is 0 Å². The summed E-state index contributed by atoms with van der Waals surface area (Å²) in [5.74, 6) is 1.95. The molecule has 1 radical (unpaired) electrons. The summed E-state index contributed by atoms with van der Waals surface area (Å²) in [5, 5.41) is 4.25. The lowest BCUT2D eigenvalue weighted by atomic mass is 9.96. The van der Waals surface area contributed by atoms with E-state index in [1.165, 1.54) is 12.2 Å². The van der Waals surface area contributed by atoms with Crippen LogP contribution in [0.15, 0.2) is 24.3 Å². The molecule has 0 aromatic heterocycles. The van der Waals surface area contributed by atoms with Gasteiger partial charge in [0.1, 0.15) is 0 Å². The summed E-state index contributed by atoms with van der Waals surface area (Å²) in [6, 6.07) is 0.642. The molecule has 1 heterocycles. The molecule has 1 saturated heterocycles. The minimum atomic E-state index is 0.642. The van der Waals surface area contributed by atoms with Crippen LogP contribution in [0.3, 0.4) is 0 Å². The van der Waals surface area contributed by atoms with E-state index < -0.39 is 0 Å². The van der Waals surface area contributed by atoms with Crippen molar-refractivity contribution >= 4 is 11.8 Å². The minimum absolute atomic E-state index is 0.642. The Labute approximate surface area is 84.7 Å². The highest BCUT2D eigenvalue weighted by molar-refractivity contribution is 8.00. The van der Waals surface area contributed by atoms with Gasteiger partial charge in [0.25, 0.3) is 0 Å². The van der Waals surface area contributed by atoms with Crippen molar-refractivity contribution in [1.82, 2.24) is 5.32 Å². The van der Waals surface area contributed by atoms with Gasteiger partial charge in [0.05, 0.1) is 0 Å². The van der Waals surface area contributed by atoms with E-state index >= 15 is 0 Å². The number of hydrogen-bond acceptors (Lipinski definition) is 2. The molecule has 0 bridgehead atoms. The lowest BCUT2D eigenvalue weighted by molar-refractivity contribution is 0.469. The molecule has 0 amide bonds. The molecule has 0 spiro atoms. The largest absolute Gasteiger partial charge is 0.313 e. The van der Waals surface area contributed by atoms with E-state index in [0.29, 0.717) is 12.0 Å². The minimum Gasteiger partial charge on any atom is -0.313 e. The van der Waals surface area contributed by atoms with Crippen molar-refractivity contribution in [1.29, 1.82) is 0 Å². The molecule has 1 fully saturated rings. The second-order valence-electron chi connectivity index (χ2n) is 3.56. The molecule has 0 aromatic rings. The Morgan fingerprint density at radius 2 is 2.38 bits per heavy atom. The molecule has 1 aliphatic carbocycles. The van der Waals surface area contributed by atoms with Gasteiger partial charge in [-0.05, 0) is 19.9 Å². The van der Waals surface area contributed by atoms with Crippen LogP contribution in [0.4, 0.5) is 0 Å². The Bertz CT molecular complexity index is 222. The van der Waals surface area contributed by atoms with Gasteiger partial charge in [-0.3, -0.25) is 0 Å². The molecule has 2 aliphatic rings. The Morgan fingerprint density at radius 1 is 1.46 bits per heavy atom. The fourth-order valence-electron chi connectivity index (χ4n) is 2.06. The molecule has 13 heavy (non-hydrogen) atoms. The first-order valence-electron chi connectivity index (χ1n) is 4.89. The summed E-state index contributed by atoms with van der Waals surface area (Å²) < 4.78 is 0. The number of rotatable bonds is 2. The van der Waals surface area contributed by atoms with E-state index in [0.717, 1.165) is 11.8 Å². The fourth-order valence-corrected chi connectivity index (χ4v) is 3.60. The smallest absolute Gasteiger partial charge is 0.0231 e. The number of allylic oxidation sites excluding steroid dienone is 3. The molecule has 3 atom stereocenters. The molecule has 0 aromatic carbocycles. The second kappa shape index (κ2) is 4.34. The molecular weight excluding hydrogens is 178 g/mol. The van der Waals surface area contributed by atoms with Gasteiger partial charge < -0.3 is 5.32 Å². The number of fused-ring (bicyclic) bond motifs is 1. The van der Waals surface area contributed by atoms with Crippen molar-refractivity contribution in [3.63, 3.8) is 0 Å². The van der Waals surface area contributed by atoms with E-state index in [4.69, 9.17) is 0 Å². The average molecular weight is 194 g/mol. The van der Waals surface area contributed by atoms with Gasteiger partial charge in [-0.25, -0.2) is 0 Å². The van der Waals surface area contributed by atoms with Crippen molar-refractivity contribution in [3.8, 4) is 0 Å². The highest BCUT2D eigenvalue weighted by Gasteiger charge is 2.33. The first kappa shape index (κ1) is 9.35. The summed E-state index contributed by atoms with van der Waals surface area (Å²) in [7, 11) is 0. The standard InChI is InChI=1S/C11H16NS/c1-2-12-10-8-13-11-7-5-3-4-6-9(10)11/h3-6,9-12H,1-2,7-8H2. The lowest BCUT2D eigenvalue weighted by Gasteiger charge is -2.19. The van der Waals surface area contributed by atoms with E-state index in [9.17, 15) is 0 Å². The topological polar surface area (TPSA) is 12.0 Å². The van der Waals surface area contributed by atoms with Gasteiger partial charge in [0.2, 0.25) is 0 Å². The molecule has 2 heteroatoms. The van der Waals surface area contributed by atoms with E-state index in [1.54, 1.807) is 0 Å². The van der Waals surface area contributed by atoms with Crippen LogP contribution in [0.2, 0.25) is 0 Å². The molecule has 71 valence electrons. The summed E-state index contributed by atoms with van der Waals surface area (Å²) >= 11 is 2.09. The van der Waals surface area contributed by atoms with Gasteiger partial charge in [0.15, 0.2) is 0 Å². The van der Waals surface area contributed by atoms with Crippen LogP contribution in [0.5, 0.6) is 0 Å². The van der Waals surface area contributed by atoms with Crippen LogP contribution in [0.1, 0.15) is 6.42 Å². The van der Waals surface area contributed by atoms with Crippen LogP contribution in [0.25, 0.3) is 0 Å². The average Bonchev–Trinajstić information content (AvgIpc) is 2.38. The van der Waals surface area contributed by atoms with Crippen molar-refractivity contribution in [2.45, 2.75) is 17.7 Å². The van der Waals surface area contributed by atoms with E-state index in [1.807, 2.05) is 0 Å². The van der Waals surface area contributed by atoms with Crippen molar-refractivity contribution in [2.24, 2.45) is 5.92 Å². The van der Waals surface area contributed by atoms with Crippen LogP contribution in [0, 0.1) is 12.8 Å². The maximum absolute atomic E-state index is 3.85. The van der Waals surface area contributed by atoms with Crippen molar-refractivity contribution in [2.75, 3.05) is 12.3 Å². The Balaban J connectivity index is 2.04. The normalized spacial score (nSPS) is 37.5. The zero-order chi connectivity index (χ0) is 9.10. The zero-order valence-corrected chi connectivity index (χ0v) is 8.59. The fraction of sp³-hybridized carbons (Fsp3) is 0.545. The predicted molar refractivity (Wildman–Crippen MR) is 59.8 cm³/mol. The molecular formula is C11H16NS. The second-order valence-corrected chi connectivity index (χ2v) is 4.83. The van der Waals surface area contributed by atoms with Gasteiger partial charge in [-0.15, -0.1) is 0 Å². The summed E-state index contributed by atoms with van der Waals surface area (Å²) in [5.41, 5.74) is 0. The predicted octanol–water partition coefficient (Wildman–Crippen LogP) is 2.03. The molecule has 2 rings (SSSR count). The lowest BCUT2D eigenvalue weighted by Crippen LogP contribution is -2.36. The highest BCUT2D eigenvalue weighted by Crippen LogP contribution is 2.36. The number of hydrogen-bond donors (Lipinski definition) is 1. The van der Waals surface area contributed by atoms with Gasteiger partial charge in [0, 0.05) is 23.0 Å². The summed E-state index contributed by atoms with van der Waals surface area (Å²) in [6.45, 7) is 4.69. The van der Waals surface area contributed by atoms with Gasteiger partial charge >= 0.3 is 0 Å². The first-order valence-corrected chi connectivity index (χ1v) is 5.94. The third-order valence-electron chi connectivity index (χ3n) is 2.74. The van der Waals surface area contributed by atoms with Crippen LogP contribution in [-0.4, -0.2) is 23.6 Å². The van der Waals surface area contributed by atoms with Crippen LogP contribution < -0.4 is 5.32 Å². The molecule has 0 saturated carbocycles. The number of nitrogens with one attached hydrogen (secondary N) is 1. The third-order valence-corrected chi connectivity index (χ3v) is 4.23. The number of thioether (sulfide) groups is 1. The van der Waals surface area contributed by atoms with Gasteiger partial charge in [-0.2, -0.15) is 11.8 Å². The summed E-state index contributed by atoms with van der Waals surface area (Å²) in [4.78, 5) is 0. The first-order chi connectivity index (χ1) is 6.42. The van der Waals surface area contributed by atoms with E-state index in [-0.39, 0.29) is 0 Å². The Hall–Kier alpha value is -0.210. The SMILES string of the molecule is [CH2]CNC1CSC2CC=CC=CC12. The van der Waals surface area contributed by atoms with Crippen LogP contribution >= 0.6 is 11.8 Å². The summed E-state index contributed by atoms with van der Waals surface area (Å²) in [6.07, 6.45) is 10.2. The van der Waals surface area contributed by atoms with E-state index in [2.05, 4.69) is 48.3 Å². The molecule has 1 aliphatic heterocycles. The van der Waals surface area contributed by atoms with Gasteiger partial charge in [-0.1, -0.05) is 24.3 Å². The zero-order valence-electron chi connectivity index (χ0n) is 7.78. The molecule has 3 unspecified atom stereocenters. The van der Waals surface area contributed by atoms with Crippen molar-refractivity contribution in [3.05, 3.63) is 31.2 Å². The molecule has 1 N–H and O–H groups in total. The van der Waals surface area contributed by atoms with Crippen molar-refractivity contribution < 1.29 is 0 Å².